The molecule has 0 aliphatic carbocycles. The van der Waals surface area contributed by atoms with E-state index < -0.39 is 23.2 Å². The maximum absolute atomic E-state index is 13.3. The third kappa shape index (κ3) is 4.29. The second-order valence-corrected chi connectivity index (χ2v) is 4.70. The molecule has 0 spiro atoms. The smallest absolute Gasteiger partial charge is 0.226 e. The van der Waals surface area contributed by atoms with Crippen molar-refractivity contribution < 1.29 is 18.4 Å². The molecule has 1 aromatic rings. The number of anilines is 1. The first-order valence-electron chi connectivity index (χ1n) is 6.34. The molecule has 0 aromatic heterocycles. The maximum Gasteiger partial charge on any atom is 0.226 e. The highest BCUT2D eigenvalue weighted by Crippen LogP contribution is 2.18. The van der Waals surface area contributed by atoms with E-state index in [9.17, 15) is 18.4 Å². The molecule has 6 heteroatoms. The number of hydrogen-bond donors (Lipinski definition) is 1. The third-order valence-corrected chi connectivity index (χ3v) is 2.83. The number of rotatable bonds is 5. The van der Waals surface area contributed by atoms with Crippen LogP contribution in [0.3, 0.4) is 0 Å². The van der Waals surface area contributed by atoms with Crippen LogP contribution in [-0.2, 0) is 9.59 Å². The van der Waals surface area contributed by atoms with Gasteiger partial charge in [0, 0.05) is 25.9 Å². The van der Waals surface area contributed by atoms with Gasteiger partial charge in [-0.05, 0) is 26.0 Å². The number of benzene rings is 1. The van der Waals surface area contributed by atoms with Gasteiger partial charge in [-0.1, -0.05) is 6.07 Å². The van der Waals surface area contributed by atoms with Gasteiger partial charge in [-0.3, -0.25) is 9.59 Å². The second kappa shape index (κ2) is 6.98. The molecule has 1 N–H and O–H groups in total. The number of nitrogens with zero attached hydrogens (tertiary/aromatic N) is 1. The van der Waals surface area contributed by atoms with E-state index in [1.165, 1.54) is 17.9 Å². The highest BCUT2D eigenvalue weighted by atomic mass is 19.1. The summed E-state index contributed by atoms with van der Waals surface area (Å²) < 4.78 is 26.7. The van der Waals surface area contributed by atoms with Crippen LogP contribution in [0.2, 0.25) is 0 Å². The van der Waals surface area contributed by atoms with Crippen LogP contribution < -0.4 is 5.32 Å². The van der Waals surface area contributed by atoms with E-state index in [0.29, 0.717) is 0 Å². The van der Waals surface area contributed by atoms with E-state index in [0.717, 1.165) is 12.1 Å². The van der Waals surface area contributed by atoms with Crippen molar-refractivity contribution in [3.63, 3.8) is 0 Å². The van der Waals surface area contributed by atoms with Gasteiger partial charge < -0.3 is 10.2 Å². The summed E-state index contributed by atoms with van der Waals surface area (Å²) in [5.74, 6) is -2.35. The molecule has 0 fully saturated rings. The molecule has 0 unspecified atom stereocenters. The largest absolute Gasteiger partial charge is 0.340 e. The number of nitrogens with one attached hydrogen (secondary N) is 1. The summed E-state index contributed by atoms with van der Waals surface area (Å²) in [7, 11) is 0. The molecule has 0 bridgehead atoms. The van der Waals surface area contributed by atoms with Gasteiger partial charge in [0.1, 0.15) is 17.3 Å². The minimum absolute atomic E-state index is 0.0223. The minimum Gasteiger partial charge on any atom is -0.340 e. The lowest BCUT2D eigenvalue weighted by atomic mass is 10.2. The molecule has 0 aliphatic rings. The molecule has 110 valence electrons. The molecule has 0 aliphatic heterocycles. The van der Waals surface area contributed by atoms with Crippen molar-refractivity contribution >= 4 is 17.5 Å². The van der Waals surface area contributed by atoms with E-state index in [4.69, 9.17) is 0 Å². The standard InChI is InChI=1S/C14H18F2N2O2/c1-9(2)18(10(3)19)8-7-13(20)17-14-11(15)5-4-6-12(14)16/h4-6,9H,7-8H2,1-3H3,(H,17,20). The zero-order valence-corrected chi connectivity index (χ0v) is 11.7. The summed E-state index contributed by atoms with van der Waals surface area (Å²) in [5, 5.41) is 2.18. The van der Waals surface area contributed by atoms with E-state index >= 15 is 0 Å². The van der Waals surface area contributed by atoms with Crippen LogP contribution in [0.4, 0.5) is 14.5 Å². The Kier molecular flexibility index (Phi) is 5.61. The fourth-order valence-electron chi connectivity index (χ4n) is 1.82. The minimum atomic E-state index is -0.828. The Bertz CT molecular complexity index is 484. The fourth-order valence-corrected chi connectivity index (χ4v) is 1.82. The zero-order chi connectivity index (χ0) is 15.3. The number of amides is 2. The predicted octanol–water partition coefficient (Wildman–Crippen LogP) is 2.55. The molecule has 4 nitrogen and oxygen atoms in total. The van der Waals surface area contributed by atoms with Gasteiger partial charge in [-0.2, -0.15) is 0 Å². The maximum atomic E-state index is 13.3. The van der Waals surface area contributed by atoms with Gasteiger partial charge in [0.05, 0.1) is 0 Å². The van der Waals surface area contributed by atoms with Crippen LogP contribution in [0.1, 0.15) is 27.2 Å². The van der Waals surface area contributed by atoms with Crippen molar-refractivity contribution in [3.8, 4) is 0 Å². The first-order valence-corrected chi connectivity index (χ1v) is 6.34. The predicted molar refractivity (Wildman–Crippen MR) is 72.1 cm³/mol. The van der Waals surface area contributed by atoms with Crippen molar-refractivity contribution in [2.45, 2.75) is 33.2 Å². The summed E-state index contributed by atoms with van der Waals surface area (Å²) in [6.45, 7) is 5.27. The summed E-state index contributed by atoms with van der Waals surface area (Å²) >= 11 is 0. The topological polar surface area (TPSA) is 49.4 Å². The van der Waals surface area contributed by atoms with Crippen LogP contribution in [0.5, 0.6) is 0 Å². The summed E-state index contributed by atoms with van der Waals surface area (Å²) in [6.07, 6.45) is -0.0223. The van der Waals surface area contributed by atoms with Crippen molar-refractivity contribution in [3.05, 3.63) is 29.8 Å². The van der Waals surface area contributed by atoms with Crippen LogP contribution in [0.15, 0.2) is 18.2 Å². The van der Waals surface area contributed by atoms with Gasteiger partial charge in [0.25, 0.3) is 0 Å². The molecule has 20 heavy (non-hydrogen) atoms. The van der Waals surface area contributed by atoms with E-state index in [2.05, 4.69) is 5.32 Å². The number of halogens is 2. The van der Waals surface area contributed by atoms with E-state index in [1.807, 2.05) is 13.8 Å². The number of hydrogen-bond acceptors (Lipinski definition) is 2. The third-order valence-electron chi connectivity index (χ3n) is 2.83. The second-order valence-electron chi connectivity index (χ2n) is 4.70. The first kappa shape index (κ1) is 16.1. The number of para-hydroxylation sites is 1. The molecule has 0 saturated heterocycles. The average Bonchev–Trinajstić information content (AvgIpc) is 2.33. The molecule has 0 heterocycles. The molecule has 2 amide bonds. The quantitative estimate of drug-likeness (QED) is 0.903. The Morgan fingerprint density at radius 2 is 1.80 bits per heavy atom. The van der Waals surface area contributed by atoms with Gasteiger partial charge in [0.2, 0.25) is 11.8 Å². The molecular weight excluding hydrogens is 266 g/mol. The molecule has 0 saturated carbocycles. The lowest BCUT2D eigenvalue weighted by Gasteiger charge is -2.25. The normalized spacial score (nSPS) is 10.5. The number of carbonyl (C=O) groups excluding carboxylic acids is 2. The van der Waals surface area contributed by atoms with Gasteiger partial charge in [-0.15, -0.1) is 0 Å². The monoisotopic (exact) mass is 284 g/mol. The molecule has 0 atom stereocenters. The molecule has 1 rings (SSSR count). The van der Waals surface area contributed by atoms with Crippen molar-refractivity contribution in [1.29, 1.82) is 0 Å². The SMILES string of the molecule is CC(=O)N(CCC(=O)Nc1c(F)cccc1F)C(C)C. The van der Waals surface area contributed by atoms with Gasteiger partial charge >= 0.3 is 0 Å². The van der Waals surface area contributed by atoms with E-state index in [1.54, 1.807) is 0 Å². The fraction of sp³-hybridized carbons (Fsp3) is 0.429. The van der Waals surface area contributed by atoms with Gasteiger partial charge in [0.15, 0.2) is 0 Å². The average molecular weight is 284 g/mol. The molecule has 1 aromatic carbocycles. The van der Waals surface area contributed by atoms with Crippen molar-refractivity contribution in [1.82, 2.24) is 4.90 Å². The van der Waals surface area contributed by atoms with Crippen molar-refractivity contribution in [2.24, 2.45) is 0 Å². The summed E-state index contributed by atoms with van der Waals surface area (Å²) in [4.78, 5) is 24.5. The lowest BCUT2D eigenvalue weighted by molar-refractivity contribution is -0.130. The molecule has 0 radical (unpaired) electrons. The Morgan fingerprint density at radius 1 is 1.25 bits per heavy atom. The number of carbonyl (C=O) groups is 2. The molecular formula is C14H18F2N2O2. The van der Waals surface area contributed by atoms with Crippen LogP contribution in [-0.4, -0.2) is 29.3 Å². The van der Waals surface area contributed by atoms with Crippen molar-refractivity contribution in [2.75, 3.05) is 11.9 Å². The van der Waals surface area contributed by atoms with E-state index in [-0.39, 0.29) is 24.9 Å². The summed E-state index contributed by atoms with van der Waals surface area (Å²) in [5.41, 5.74) is -0.462. The highest BCUT2D eigenvalue weighted by Gasteiger charge is 2.16. The van der Waals surface area contributed by atoms with Crippen LogP contribution in [0, 0.1) is 11.6 Å². The summed E-state index contributed by atoms with van der Waals surface area (Å²) in [6, 6.07) is 3.31. The first-order chi connectivity index (χ1) is 9.32. The lowest BCUT2D eigenvalue weighted by Crippen LogP contribution is -2.37. The highest BCUT2D eigenvalue weighted by molar-refractivity contribution is 5.91. The Labute approximate surface area is 116 Å². The van der Waals surface area contributed by atoms with Crippen LogP contribution >= 0.6 is 0 Å². The van der Waals surface area contributed by atoms with Gasteiger partial charge in [-0.25, -0.2) is 8.78 Å². The Balaban J connectivity index is 2.62. The Morgan fingerprint density at radius 3 is 2.25 bits per heavy atom. The Hall–Kier alpha value is -1.98. The zero-order valence-electron chi connectivity index (χ0n) is 11.7. The van der Waals surface area contributed by atoms with Crippen LogP contribution in [0.25, 0.3) is 0 Å².